The molecule has 1 aliphatic rings. The summed E-state index contributed by atoms with van der Waals surface area (Å²) in [5.74, 6) is 0.586. The predicted molar refractivity (Wildman–Crippen MR) is 131 cm³/mol. The maximum absolute atomic E-state index is 11.9. The zero-order valence-electron chi connectivity index (χ0n) is 16.7. The number of aliphatic imine (C=N–C) groups is 1. The molecule has 0 amide bonds. The van der Waals surface area contributed by atoms with Gasteiger partial charge in [0.25, 0.3) is 0 Å². The summed E-state index contributed by atoms with van der Waals surface area (Å²) in [7, 11) is -3.19. The molecule has 162 valence electrons. The highest BCUT2D eigenvalue weighted by Gasteiger charge is 2.31. The molecule has 1 unspecified atom stereocenters. The van der Waals surface area contributed by atoms with Gasteiger partial charge < -0.3 is 15.7 Å². The van der Waals surface area contributed by atoms with E-state index in [1.807, 2.05) is 37.3 Å². The second kappa shape index (κ2) is 10.9. The molecule has 2 aromatic rings. The van der Waals surface area contributed by atoms with Crippen molar-refractivity contribution in [3.8, 4) is 0 Å². The average Bonchev–Trinajstić information content (AvgIpc) is 3.30. The van der Waals surface area contributed by atoms with Crippen LogP contribution in [-0.2, 0) is 10.0 Å². The Morgan fingerprint density at radius 1 is 1.38 bits per heavy atom. The lowest BCUT2D eigenvalue weighted by Gasteiger charge is -2.23. The van der Waals surface area contributed by atoms with Crippen LogP contribution in [-0.4, -0.2) is 62.3 Å². The van der Waals surface area contributed by atoms with E-state index in [0.29, 0.717) is 25.6 Å². The molecule has 3 rings (SSSR count). The van der Waals surface area contributed by atoms with Crippen molar-refractivity contribution >= 4 is 61.4 Å². The molecule has 1 aliphatic heterocycles. The van der Waals surface area contributed by atoms with Gasteiger partial charge >= 0.3 is 0 Å². The molecule has 1 saturated heterocycles. The smallest absolute Gasteiger partial charge is 0.211 e. The maximum Gasteiger partial charge on any atom is 0.211 e. The van der Waals surface area contributed by atoms with Gasteiger partial charge in [-0.15, -0.1) is 35.3 Å². The summed E-state index contributed by atoms with van der Waals surface area (Å²) in [6, 6.07) is 9.99. The lowest BCUT2D eigenvalue weighted by molar-refractivity contribution is 0.191. The number of thiophene rings is 1. The van der Waals surface area contributed by atoms with Gasteiger partial charge in [-0.1, -0.05) is 18.2 Å². The van der Waals surface area contributed by atoms with Crippen LogP contribution in [0.3, 0.4) is 0 Å². The molecule has 1 fully saturated rings. The summed E-state index contributed by atoms with van der Waals surface area (Å²) in [6.07, 6.45) is 2.29. The zero-order chi connectivity index (χ0) is 20.1. The van der Waals surface area contributed by atoms with Gasteiger partial charge in [0.05, 0.1) is 12.8 Å². The fourth-order valence-electron chi connectivity index (χ4n) is 3.44. The van der Waals surface area contributed by atoms with Gasteiger partial charge in [-0.2, -0.15) is 4.31 Å². The minimum absolute atomic E-state index is 0. The fourth-order valence-corrected chi connectivity index (χ4v) is 5.66. The Morgan fingerprint density at radius 3 is 2.83 bits per heavy atom. The minimum Gasteiger partial charge on any atom is -0.386 e. The van der Waals surface area contributed by atoms with Crippen molar-refractivity contribution in [1.82, 2.24) is 14.9 Å². The third kappa shape index (κ3) is 6.51. The fraction of sp³-hybridized carbons (Fsp3) is 0.526. The second-order valence-corrected chi connectivity index (χ2v) is 10.0. The van der Waals surface area contributed by atoms with E-state index in [4.69, 9.17) is 0 Å². The lowest BCUT2D eigenvalue weighted by Crippen LogP contribution is -2.46. The van der Waals surface area contributed by atoms with Crippen molar-refractivity contribution in [2.75, 3.05) is 32.4 Å². The monoisotopic (exact) mass is 552 g/mol. The van der Waals surface area contributed by atoms with E-state index >= 15 is 0 Å². The van der Waals surface area contributed by atoms with Crippen LogP contribution in [0.25, 0.3) is 10.1 Å². The SMILES string of the molecule is CCNC(=NCC(O)c1cc2ccccc2s1)NC[C@H]1CCCN1S(C)(=O)=O.I. The first-order valence-corrected chi connectivity index (χ1v) is 12.2. The number of halogens is 1. The van der Waals surface area contributed by atoms with Crippen LogP contribution in [0.2, 0.25) is 0 Å². The number of guanidine groups is 1. The summed E-state index contributed by atoms with van der Waals surface area (Å²) in [6.45, 7) is 3.97. The Labute approximate surface area is 193 Å². The molecule has 1 aromatic carbocycles. The molecule has 0 saturated carbocycles. The third-order valence-electron chi connectivity index (χ3n) is 4.79. The van der Waals surface area contributed by atoms with E-state index in [2.05, 4.69) is 15.6 Å². The Hall–Kier alpha value is -0.950. The zero-order valence-corrected chi connectivity index (χ0v) is 20.6. The first-order chi connectivity index (χ1) is 13.4. The molecule has 0 aliphatic carbocycles. The second-order valence-electron chi connectivity index (χ2n) is 6.97. The summed E-state index contributed by atoms with van der Waals surface area (Å²) in [4.78, 5) is 5.38. The van der Waals surface area contributed by atoms with Gasteiger partial charge in [-0.25, -0.2) is 8.42 Å². The molecule has 2 heterocycles. The molecule has 10 heteroatoms. The predicted octanol–water partition coefficient (Wildman–Crippen LogP) is 2.53. The number of benzene rings is 1. The maximum atomic E-state index is 11.9. The molecule has 1 aromatic heterocycles. The number of rotatable bonds is 7. The highest BCUT2D eigenvalue weighted by molar-refractivity contribution is 14.0. The van der Waals surface area contributed by atoms with Gasteiger partial charge in [0.1, 0.15) is 6.10 Å². The molecule has 0 radical (unpaired) electrons. The van der Waals surface area contributed by atoms with Gasteiger partial charge in [-0.3, -0.25) is 4.99 Å². The molecular weight excluding hydrogens is 523 g/mol. The Balaban J connectivity index is 0.00000300. The van der Waals surface area contributed by atoms with E-state index in [-0.39, 0.29) is 36.6 Å². The average molecular weight is 553 g/mol. The molecule has 2 atom stereocenters. The molecule has 29 heavy (non-hydrogen) atoms. The van der Waals surface area contributed by atoms with E-state index < -0.39 is 16.1 Å². The molecule has 0 spiro atoms. The highest BCUT2D eigenvalue weighted by atomic mass is 127. The topological polar surface area (TPSA) is 94.0 Å². The first kappa shape index (κ1) is 24.3. The van der Waals surface area contributed by atoms with Gasteiger partial charge in [0.2, 0.25) is 10.0 Å². The van der Waals surface area contributed by atoms with Crippen molar-refractivity contribution in [3.63, 3.8) is 0 Å². The normalized spacial score (nSPS) is 19.1. The van der Waals surface area contributed by atoms with Crippen LogP contribution in [0.1, 0.15) is 30.7 Å². The Bertz CT molecular complexity index is 899. The standard InChI is InChI=1S/C19H28N4O3S2.HI/c1-3-20-19(21-12-15-8-6-10-23(15)28(2,25)26)22-13-16(24)18-11-14-7-4-5-9-17(14)27-18;/h4-5,7,9,11,15-16,24H,3,6,8,10,12-13H2,1-2H3,(H2,20,21,22);1H/t15-,16?;/m1./s1. The lowest BCUT2D eigenvalue weighted by atomic mass is 10.2. The van der Waals surface area contributed by atoms with E-state index in [0.717, 1.165) is 27.8 Å². The van der Waals surface area contributed by atoms with Crippen LogP contribution in [0.4, 0.5) is 0 Å². The first-order valence-electron chi connectivity index (χ1n) is 9.54. The number of aliphatic hydroxyl groups is 1. The quantitative estimate of drug-likeness (QED) is 0.279. The molecule has 3 N–H and O–H groups in total. The van der Waals surface area contributed by atoms with Crippen molar-refractivity contribution in [1.29, 1.82) is 0 Å². The Morgan fingerprint density at radius 2 is 2.14 bits per heavy atom. The van der Waals surface area contributed by atoms with Crippen molar-refractivity contribution in [3.05, 3.63) is 35.2 Å². The minimum atomic E-state index is -3.19. The number of aliphatic hydroxyl groups excluding tert-OH is 1. The number of hydrogen-bond acceptors (Lipinski definition) is 5. The largest absolute Gasteiger partial charge is 0.386 e. The van der Waals surface area contributed by atoms with Crippen LogP contribution in [0, 0.1) is 0 Å². The molecule has 7 nitrogen and oxygen atoms in total. The van der Waals surface area contributed by atoms with Crippen LogP contribution in [0.15, 0.2) is 35.3 Å². The summed E-state index contributed by atoms with van der Waals surface area (Å²) in [5, 5.41) is 18.0. The Kier molecular flexibility index (Phi) is 9.14. The van der Waals surface area contributed by atoms with E-state index in [9.17, 15) is 13.5 Å². The number of nitrogens with zero attached hydrogens (tertiary/aromatic N) is 2. The third-order valence-corrected chi connectivity index (χ3v) is 7.34. The summed E-state index contributed by atoms with van der Waals surface area (Å²) in [5.41, 5.74) is 0. The molecule has 0 bridgehead atoms. The van der Waals surface area contributed by atoms with Crippen molar-refractivity contribution in [2.45, 2.75) is 31.9 Å². The van der Waals surface area contributed by atoms with Crippen molar-refractivity contribution < 1.29 is 13.5 Å². The number of sulfonamides is 1. The highest BCUT2D eigenvalue weighted by Crippen LogP contribution is 2.29. The number of fused-ring (bicyclic) bond motifs is 1. The van der Waals surface area contributed by atoms with Crippen LogP contribution in [0.5, 0.6) is 0 Å². The van der Waals surface area contributed by atoms with Crippen LogP contribution < -0.4 is 10.6 Å². The van der Waals surface area contributed by atoms with Crippen LogP contribution >= 0.6 is 35.3 Å². The van der Waals surface area contributed by atoms with Crippen molar-refractivity contribution in [2.24, 2.45) is 4.99 Å². The number of nitrogens with one attached hydrogen (secondary N) is 2. The molecular formula is C19H29IN4O3S2. The summed E-state index contributed by atoms with van der Waals surface area (Å²) >= 11 is 1.57. The van der Waals surface area contributed by atoms with Gasteiger partial charge in [0, 0.05) is 35.3 Å². The van der Waals surface area contributed by atoms with Gasteiger partial charge in [0.15, 0.2) is 5.96 Å². The van der Waals surface area contributed by atoms with E-state index in [1.54, 1.807) is 15.6 Å². The van der Waals surface area contributed by atoms with E-state index in [1.165, 1.54) is 6.26 Å². The number of hydrogen-bond donors (Lipinski definition) is 3. The van der Waals surface area contributed by atoms with Gasteiger partial charge in [-0.05, 0) is 37.3 Å². The summed E-state index contributed by atoms with van der Waals surface area (Å²) < 4.78 is 26.5.